The van der Waals surface area contributed by atoms with Gasteiger partial charge < -0.3 is 4.42 Å². The Morgan fingerprint density at radius 3 is 2.26 bits per heavy atom. The highest BCUT2D eigenvalue weighted by Crippen LogP contribution is 2.12. The number of furan rings is 1. The SMILES string of the molecule is C=C/C=c1/oc2cccc(C)c2/c1=C/C.CC.CC. The van der Waals surface area contributed by atoms with Gasteiger partial charge >= 0.3 is 0 Å². The molecule has 1 aromatic carbocycles. The third-order valence-corrected chi connectivity index (χ3v) is 2.55. The van der Waals surface area contributed by atoms with Crippen molar-refractivity contribution in [3.8, 4) is 0 Å². The van der Waals surface area contributed by atoms with Crippen LogP contribution in [0.5, 0.6) is 0 Å². The third-order valence-electron chi connectivity index (χ3n) is 2.55. The predicted octanol–water partition coefficient (Wildman–Crippen LogP) is 4.56. The largest absolute Gasteiger partial charge is 0.456 e. The molecule has 0 unspecified atom stereocenters. The van der Waals surface area contributed by atoms with Crippen LogP contribution in [0.15, 0.2) is 35.3 Å². The maximum absolute atomic E-state index is 5.75. The Bertz CT molecular complexity index is 615. The van der Waals surface area contributed by atoms with Gasteiger partial charge in [0.25, 0.3) is 0 Å². The summed E-state index contributed by atoms with van der Waals surface area (Å²) in [6.45, 7) is 15.8. The molecule has 0 aliphatic carbocycles. The van der Waals surface area contributed by atoms with Crippen LogP contribution in [0.2, 0.25) is 0 Å². The number of hydrogen-bond donors (Lipinski definition) is 0. The predicted molar refractivity (Wildman–Crippen MR) is 87.7 cm³/mol. The average molecular weight is 258 g/mol. The van der Waals surface area contributed by atoms with Crippen molar-refractivity contribution < 1.29 is 4.42 Å². The highest BCUT2D eigenvalue weighted by Gasteiger charge is 2.03. The van der Waals surface area contributed by atoms with Crippen LogP contribution in [0.25, 0.3) is 23.1 Å². The fourth-order valence-electron chi connectivity index (χ4n) is 1.89. The summed E-state index contributed by atoms with van der Waals surface area (Å²) in [5, 5.41) is 2.36. The monoisotopic (exact) mass is 258 g/mol. The lowest BCUT2D eigenvalue weighted by molar-refractivity contribution is 0.575. The summed E-state index contributed by atoms with van der Waals surface area (Å²) in [5.74, 6) is 0. The number of benzene rings is 1. The van der Waals surface area contributed by atoms with Gasteiger partial charge in [0.1, 0.15) is 11.0 Å². The number of aryl methyl sites for hydroxylation is 1. The van der Waals surface area contributed by atoms with Crippen LogP contribution in [-0.4, -0.2) is 0 Å². The highest BCUT2D eigenvalue weighted by atomic mass is 16.3. The third kappa shape index (κ3) is 3.85. The number of rotatable bonds is 1. The Morgan fingerprint density at radius 2 is 1.74 bits per heavy atom. The lowest BCUT2D eigenvalue weighted by Crippen LogP contribution is -2.19. The molecule has 2 aromatic rings. The summed E-state index contributed by atoms with van der Waals surface area (Å²) < 4.78 is 5.75. The van der Waals surface area contributed by atoms with Crippen molar-refractivity contribution in [2.24, 2.45) is 0 Å². The molecule has 0 bridgehead atoms. The van der Waals surface area contributed by atoms with Gasteiger partial charge in [-0.25, -0.2) is 0 Å². The second kappa shape index (κ2) is 9.21. The van der Waals surface area contributed by atoms with Crippen molar-refractivity contribution >= 4 is 23.1 Å². The topological polar surface area (TPSA) is 13.1 Å². The molecule has 104 valence electrons. The fraction of sp³-hybridized carbons (Fsp3) is 0.333. The summed E-state index contributed by atoms with van der Waals surface area (Å²) in [4.78, 5) is 0. The van der Waals surface area contributed by atoms with Gasteiger partial charge in [-0.1, -0.05) is 58.6 Å². The van der Waals surface area contributed by atoms with Gasteiger partial charge in [0, 0.05) is 10.6 Å². The number of hydrogen-bond acceptors (Lipinski definition) is 1. The smallest absolute Gasteiger partial charge is 0.135 e. The van der Waals surface area contributed by atoms with Gasteiger partial charge in [0.15, 0.2) is 0 Å². The molecule has 0 saturated heterocycles. The minimum absolute atomic E-state index is 0.886. The summed E-state index contributed by atoms with van der Waals surface area (Å²) in [5.41, 5.74) is 3.07. The molecule has 0 fully saturated rings. The van der Waals surface area contributed by atoms with Crippen LogP contribution in [0, 0.1) is 6.92 Å². The molecule has 0 aliphatic heterocycles. The lowest BCUT2D eigenvalue weighted by Gasteiger charge is -1.92. The van der Waals surface area contributed by atoms with E-state index in [0.29, 0.717) is 0 Å². The van der Waals surface area contributed by atoms with Gasteiger partial charge in [-0.15, -0.1) is 0 Å². The van der Waals surface area contributed by atoms with E-state index in [1.807, 2.05) is 52.8 Å². The minimum Gasteiger partial charge on any atom is -0.456 e. The van der Waals surface area contributed by atoms with Gasteiger partial charge in [0.05, 0.1) is 0 Å². The van der Waals surface area contributed by atoms with E-state index < -0.39 is 0 Å². The van der Waals surface area contributed by atoms with E-state index in [9.17, 15) is 0 Å². The van der Waals surface area contributed by atoms with Crippen LogP contribution < -0.4 is 10.6 Å². The lowest BCUT2D eigenvalue weighted by atomic mass is 10.1. The van der Waals surface area contributed by atoms with Crippen molar-refractivity contribution in [3.63, 3.8) is 0 Å². The zero-order valence-corrected chi connectivity index (χ0v) is 13.1. The molecule has 1 aromatic heterocycles. The summed E-state index contributed by atoms with van der Waals surface area (Å²) in [6, 6.07) is 6.11. The van der Waals surface area contributed by atoms with E-state index in [1.54, 1.807) is 6.08 Å². The molecular formula is C18H26O. The Labute approximate surface area is 116 Å². The maximum atomic E-state index is 5.75. The molecular weight excluding hydrogens is 232 g/mol. The van der Waals surface area contributed by atoms with Crippen LogP contribution in [-0.2, 0) is 0 Å². The molecule has 1 heteroatoms. The molecule has 0 radical (unpaired) electrons. The van der Waals surface area contributed by atoms with Gasteiger partial charge in [0.2, 0.25) is 0 Å². The second-order valence-electron chi connectivity index (χ2n) is 3.52. The van der Waals surface area contributed by atoms with Crippen molar-refractivity contribution in [1.82, 2.24) is 0 Å². The van der Waals surface area contributed by atoms with E-state index in [2.05, 4.69) is 25.6 Å². The Balaban J connectivity index is 0.000000741. The zero-order chi connectivity index (χ0) is 14.8. The van der Waals surface area contributed by atoms with E-state index in [-0.39, 0.29) is 0 Å². The first-order valence-corrected chi connectivity index (χ1v) is 7.05. The normalized spacial score (nSPS) is 11.5. The first-order valence-electron chi connectivity index (χ1n) is 7.05. The van der Waals surface area contributed by atoms with Gasteiger partial charge in [-0.2, -0.15) is 0 Å². The Kier molecular flexibility index (Phi) is 8.35. The molecule has 1 heterocycles. The van der Waals surface area contributed by atoms with E-state index in [0.717, 1.165) is 16.2 Å². The van der Waals surface area contributed by atoms with Gasteiger partial charge in [-0.05, 0) is 31.6 Å². The fourth-order valence-corrected chi connectivity index (χ4v) is 1.89. The van der Waals surface area contributed by atoms with Crippen molar-refractivity contribution in [2.45, 2.75) is 41.5 Å². The average Bonchev–Trinajstić information content (AvgIpc) is 2.82. The van der Waals surface area contributed by atoms with E-state index in [4.69, 9.17) is 4.42 Å². The van der Waals surface area contributed by atoms with Crippen LogP contribution >= 0.6 is 0 Å². The summed E-state index contributed by atoms with van der Waals surface area (Å²) >= 11 is 0. The minimum atomic E-state index is 0.886. The second-order valence-corrected chi connectivity index (χ2v) is 3.52. The molecule has 0 N–H and O–H groups in total. The highest BCUT2D eigenvalue weighted by molar-refractivity contribution is 5.82. The van der Waals surface area contributed by atoms with Crippen molar-refractivity contribution in [1.29, 1.82) is 0 Å². The molecule has 0 spiro atoms. The van der Waals surface area contributed by atoms with E-state index in [1.165, 1.54) is 10.9 Å². The molecule has 0 atom stereocenters. The number of fused-ring (bicyclic) bond motifs is 1. The first kappa shape index (κ1) is 17.2. The maximum Gasteiger partial charge on any atom is 0.135 e. The molecule has 2 rings (SSSR count). The zero-order valence-electron chi connectivity index (χ0n) is 13.1. The van der Waals surface area contributed by atoms with Crippen LogP contribution in [0.1, 0.15) is 40.2 Å². The quantitative estimate of drug-likeness (QED) is 0.731. The molecule has 0 aliphatic rings. The van der Waals surface area contributed by atoms with Crippen LogP contribution in [0.3, 0.4) is 0 Å². The standard InChI is InChI=1S/C14H14O.2C2H6/c1-4-7-12-11(5-2)14-10(3)8-6-9-13(14)15-12;2*1-2/h4-9H,1H2,2-3H3;2*1-2H3/b11-5+,12-7+;;. The Hall–Kier alpha value is -1.76. The molecule has 19 heavy (non-hydrogen) atoms. The van der Waals surface area contributed by atoms with Crippen molar-refractivity contribution in [3.05, 3.63) is 47.1 Å². The molecule has 0 amide bonds. The van der Waals surface area contributed by atoms with Gasteiger partial charge in [-0.3, -0.25) is 0 Å². The summed E-state index contributed by atoms with van der Waals surface area (Å²) in [6.07, 6.45) is 5.73. The Morgan fingerprint density at radius 1 is 1.11 bits per heavy atom. The number of allylic oxidation sites excluding steroid dienone is 1. The first-order chi connectivity index (χ1) is 9.27. The van der Waals surface area contributed by atoms with Crippen LogP contribution in [0.4, 0.5) is 0 Å². The molecule has 1 nitrogen and oxygen atoms in total. The van der Waals surface area contributed by atoms with E-state index >= 15 is 0 Å². The summed E-state index contributed by atoms with van der Waals surface area (Å²) in [7, 11) is 0. The van der Waals surface area contributed by atoms with Crippen molar-refractivity contribution in [2.75, 3.05) is 0 Å². The molecule has 0 saturated carbocycles.